The summed E-state index contributed by atoms with van der Waals surface area (Å²) in [5.74, 6) is 0. The largest absolute Gasteiger partial charge is 0.761 e. The van der Waals surface area contributed by atoms with Gasteiger partial charge in [-0.1, -0.05) is 0 Å². The SMILES string of the molecule is O=[Si](O)O.[Na].[Na]. The van der Waals surface area contributed by atoms with Gasteiger partial charge >= 0.3 is 9.17 Å². The molecule has 6 heavy (non-hydrogen) atoms. The van der Waals surface area contributed by atoms with Crippen LogP contribution in [0.4, 0.5) is 0 Å². The van der Waals surface area contributed by atoms with Gasteiger partial charge in [-0.3, -0.25) is 4.46 Å². The van der Waals surface area contributed by atoms with Crippen LogP contribution in [0.25, 0.3) is 0 Å². The van der Waals surface area contributed by atoms with Crippen LogP contribution < -0.4 is 0 Å². The van der Waals surface area contributed by atoms with E-state index in [0.29, 0.717) is 0 Å². The van der Waals surface area contributed by atoms with Gasteiger partial charge in [0.1, 0.15) is 0 Å². The molecule has 0 amide bonds. The number of hydrogen-bond donors (Lipinski definition) is 2. The second-order valence-corrected chi connectivity index (χ2v) is 0.848. The molecule has 0 spiro atoms. The van der Waals surface area contributed by atoms with Gasteiger partial charge in [0.25, 0.3) is 0 Å². The van der Waals surface area contributed by atoms with Crippen molar-refractivity contribution < 1.29 is 14.1 Å². The first kappa shape index (κ1) is 15.6. The minimum atomic E-state index is -3.13. The molecule has 0 saturated heterocycles. The van der Waals surface area contributed by atoms with Crippen LogP contribution in [0.1, 0.15) is 0 Å². The van der Waals surface area contributed by atoms with Crippen molar-refractivity contribution in [1.29, 1.82) is 0 Å². The van der Waals surface area contributed by atoms with Crippen LogP contribution in [0, 0.1) is 0 Å². The standard InChI is InChI=1S/2Na.H2O3Si/c;;1-4(2)3/h;;1-2H. The summed E-state index contributed by atoms with van der Waals surface area (Å²) >= 11 is 0. The molecule has 0 aliphatic carbocycles. The Kier molecular flexibility index (Phi) is 25.5. The molecule has 0 heterocycles. The molecular formula is H2Na2O3Si. The average Bonchev–Trinajstić information content (AvgIpc) is 0.811. The zero-order chi connectivity index (χ0) is 3.58. The fourth-order valence-electron chi connectivity index (χ4n) is 0. The second kappa shape index (κ2) is 9.79. The molecule has 0 fully saturated rings. The van der Waals surface area contributed by atoms with E-state index < -0.39 is 9.17 Å². The Balaban J connectivity index is -0.0000000450. The fourth-order valence-corrected chi connectivity index (χ4v) is 0. The van der Waals surface area contributed by atoms with Gasteiger partial charge in [0.2, 0.25) is 0 Å². The van der Waals surface area contributed by atoms with Crippen LogP contribution in [0.2, 0.25) is 0 Å². The molecule has 26 valence electrons. The third kappa shape index (κ3) is 45.8. The van der Waals surface area contributed by atoms with Crippen molar-refractivity contribution >= 4 is 68.3 Å². The smallest absolute Gasteiger partial charge is 0.511 e. The molecule has 0 aromatic rings. The van der Waals surface area contributed by atoms with E-state index >= 15 is 0 Å². The van der Waals surface area contributed by atoms with Crippen LogP contribution in [-0.2, 0) is 4.46 Å². The third-order valence-electron chi connectivity index (χ3n) is 0. The summed E-state index contributed by atoms with van der Waals surface area (Å²) < 4.78 is 8.74. The Morgan fingerprint density at radius 3 is 1.17 bits per heavy atom. The number of hydrogen-bond acceptors (Lipinski definition) is 1. The normalized spacial score (nSPS) is 4.00. The summed E-state index contributed by atoms with van der Waals surface area (Å²) in [6, 6.07) is 0. The second-order valence-electron chi connectivity index (χ2n) is 0.283. The van der Waals surface area contributed by atoms with Crippen molar-refractivity contribution in [2.24, 2.45) is 0 Å². The fraction of sp³-hybridized carbons (Fsp3) is 0. The summed E-state index contributed by atoms with van der Waals surface area (Å²) in [7, 11) is -3.13. The van der Waals surface area contributed by atoms with E-state index in [-0.39, 0.29) is 59.1 Å². The van der Waals surface area contributed by atoms with Gasteiger partial charge in [-0.15, -0.1) is 0 Å². The zero-order valence-corrected chi connectivity index (χ0v) is 8.80. The minimum absolute atomic E-state index is 0. The van der Waals surface area contributed by atoms with Crippen LogP contribution in [0.15, 0.2) is 0 Å². The molecule has 0 aromatic heterocycles. The van der Waals surface area contributed by atoms with Gasteiger partial charge in [0.15, 0.2) is 0 Å². The van der Waals surface area contributed by atoms with Crippen molar-refractivity contribution in [2.75, 3.05) is 0 Å². The van der Waals surface area contributed by atoms with Crippen molar-refractivity contribution in [3.63, 3.8) is 0 Å². The topological polar surface area (TPSA) is 57.5 Å². The first-order chi connectivity index (χ1) is 1.73. The minimum Gasteiger partial charge on any atom is -0.511 e. The van der Waals surface area contributed by atoms with Crippen LogP contribution in [0.3, 0.4) is 0 Å². The molecule has 2 radical (unpaired) electrons. The maximum Gasteiger partial charge on any atom is 0.761 e. The van der Waals surface area contributed by atoms with Crippen LogP contribution in [0.5, 0.6) is 0 Å². The summed E-state index contributed by atoms with van der Waals surface area (Å²) in [4.78, 5) is 14.3. The molecule has 0 aliphatic heterocycles. The van der Waals surface area contributed by atoms with Gasteiger partial charge in [-0.2, -0.15) is 0 Å². The van der Waals surface area contributed by atoms with Gasteiger partial charge in [0, 0.05) is 59.1 Å². The molecule has 0 saturated carbocycles. The van der Waals surface area contributed by atoms with Gasteiger partial charge in [-0.05, 0) is 0 Å². The summed E-state index contributed by atoms with van der Waals surface area (Å²) in [5, 5.41) is 0. The first-order valence-electron chi connectivity index (χ1n) is 0.651. The molecule has 2 N–H and O–H groups in total. The van der Waals surface area contributed by atoms with E-state index in [1.54, 1.807) is 0 Å². The molecule has 0 bridgehead atoms. The summed E-state index contributed by atoms with van der Waals surface area (Å²) in [6.45, 7) is 0. The quantitative estimate of drug-likeness (QED) is 0.355. The third-order valence-corrected chi connectivity index (χ3v) is 0. The first-order valence-corrected chi connectivity index (χ1v) is 1.95. The van der Waals surface area contributed by atoms with Gasteiger partial charge in [-0.25, -0.2) is 0 Å². The van der Waals surface area contributed by atoms with Gasteiger partial charge < -0.3 is 9.59 Å². The Morgan fingerprint density at radius 2 is 1.17 bits per heavy atom. The average molecular weight is 124 g/mol. The van der Waals surface area contributed by atoms with E-state index in [1.165, 1.54) is 0 Å². The predicted octanol–water partition coefficient (Wildman–Crippen LogP) is -2.38. The monoisotopic (exact) mass is 124 g/mol. The summed E-state index contributed by atoms with van der Waals surface area (Å²) in [5.41, 5.74) is 0. The molecule has 0 aromatic carbocycles. The van der Waals surface area contributed by atoms with Crippen molar-refractivity contribution in [3.8, 4) is 0 Å². The predicted molar refractivity (Wildman–Crippen MR) is 22.4 cm³/mol. The maximum absolute atomic E-state index is 8.74. The molecule has 0 aliphatic rings. The van der Waals surface area contributed by atoms with E-state index in [0.717, 1.165) is 0 Å². The Labute approximate surface area is 81.2 Å². The molecule has 3 nitrogen and oxygen atoms in total. The Bertz CT molecular complexity index is 31.8. The van der Waals surface area contributed by atoms with Crippen molar-refractivity contribution in [2.45, 2.75) is 0 Å². The molecular weight excluding hydrogens is 122 g/mol. The molecule has 0 atom stereocenters. The molecule has 0 unspecified atom stereocenters. The Morgan fingerprint density at radius 1 is 1.17 bits per heavy atom. The van der Waals surface area contributed by atoms with E-state index in [1.807, 2.05) is 0 Å². The number of rotatable bonds is 0. The zero-order valence-electron chi connectivity index (χ0n) is 3.80. The van der Waals surface area contributed by atoms with Crippen LogP contribution >= 0.6 is 0 Å². The van der Waals surface area contributed by atoms with E-state index in [4.69, 9.17) is 14.1 Å². The Hall–Kier alpha value is 1.62. The van der Waals surface area contributed by atoms with Crippen LogP contribution in [-0.4, -0.2) is 77.9 Å². The molecule has 0 rings (SSSR count). The maximum atomic E-state index is 8.74. The summed E-state index contributed by atoms with van der Waals surface area (Å²) in [6.07, 6.45) is 0. The van der Waals surface area contributed by atoms with Gasteiger partial charge in [0.05, 0.1) is 0 Å². The van der Waals surface area contributed by atoms with E-state index in [9.17, 15) is 0 Å². The van der Waals surface area contributed by atoms with Crippen molar-refractivity contribution in [1.82, 2.24) is 0 Å². The van der Waals surface area contributed by atoms with E-state index in [2.05, 4.69) is 0 Å². The van der Waals surface area contributed by atoms with Crippen molar-refractivity contribution in [3.05, 3.63) is 0 Å². The molecule has 6 heteroatoms.